The molecule has 4 heteroatoms. The molecule has 1 aliphatic rings. The van der Waals surface area contributed by atoms with E-state index in [1.54, 1.807) is 0 Å². The van der Waals surface area contributed by atoms with Gasteiger partial charge in [0.1, 0.15) is 0 Å². The standard InChI is InChI=1S/C13H19ClN2S/c1-13(2)9-16(5-6-17-13)12-4-3-10(8-15)7-11(12)14/h3-4,7H,5-6,8-9,15H2,1-2H3. The number of halogens is 1. The Morgan fingerprint density at radius 2 is 2.24 bits per heavy atom. The monoisotopic (exact) mass is 270 g/mol. The zero-order valence-corrected chi connectivity index (χ0v) is 11.9. The number of hydrogen-bond acceptors (Lipinski definition) is 3. The summed E-state index contributed by atoms with van der Waals surface area (Å²) in [6, 6.07) is 6.14. The maximum absolute atomic E-state index is 6.33. The number of hydrogen-bond donors (Lipinski definition) is 1. The zero-order valence-electron chi connectivity index (χ0n) is 10.4. The van der Waals surface area contributed by atoms with Crippen LogP contribution in [0, 0.1) is 0 Å². The minimum absolute atomic E-state index is 0.300. The average Bonchev–Trinajstić information content (AvgIpc) is 2.27. The first-order chi connectivity index (χ1) is 8.02. The highest BCUT2D eigenvalue weighted by Gasteiger charge is 2.27. The van der Waals surface area contributed by atoms with Crippen molar-refractivity contribution >= 4 is 29.1 Å². The van der Waals surface area contributed by atoms with Crippen LogP contribution in [0.25, 0.3) is 0 Å². The number of nitrogens with two attached hydrogens (primary N) is 1. The lowest BCUT2D eigenvalue weighted by Gasteiger charge is -2.39. The summed E-state index contributed by atoms with van der Waals surface area (Å²) >= 11 is 8.36. The molecule has 1 aromatic rings. The second-order valence-corrected chi connectivity index (χ2v) is 7.23. The number of anilines is 1. The van der Waals surface area contributed by atoms with Crippen LogP contribution >= 0.6 is 23.4 Å². The molecular weight excluding hydrogens is 252 g/mol. The molecule has 1 aliphatic heterocycles. The van der Waals surface area contributed by atoms with Crippen LogP contribution in [0.1, 0.15) is 19.4 Å². The van der Waals surface area contributed by atoms with Gasteiger partial charge in [-0.15, -0.1) is 0 Å². The topological polar surface area (TPSA) is 29.3 Å². The van der Waals surface area contributed by atoms with Crippen LogP contribution in [-0.2, 0) is 6.54 Å². The van der Waals surface area contributed by atoms with E-state index in [-0.39, 0.29) is 0 Å². The third-order valence-electron chi connectivity index (χ3n) is 3.01. The Bertz CT molecular complexity index is 406. The molecule has 0 amide bonds. The van der Waals surface area contributed by atoms with Crippen molar-refractivity contribution in [2.45, 2.75) is 25.1 Å². The van der Waals surface area contributed by atoms with Crippen LogP contribution in [-0.4, -0.2) is 23.6 Å². The highest BCUT2D eigenvalue weighted by Crippen LogP contribution is 2.35. The number of benzene rings is 1. The van der Waals surface area contributed by atoms with Crippen molar-refractivity contribution in [1.29, 1.82) is 0 Å². The molecule has 0 saturated carbocycles. The summed E-state index contributed by atoms with van der Waals surface area (Å²) in [5.74, 6) is 1.15. The van der Waals surface area contributed by atoms with Crippen molar-refractivity contribution in [3.63, 3.8) is 0 Å². The van der Waals surface area contributed by atoms with Crippen LogP contribution in [0.4, 0.5) is 5.69 Å². The summed E-state index contributed by atoms with van der Waals surface area (Å²) in [6.45, 7) is 7.22. The van der Waals surface area contributed by atoms with Gasteiger partial charge in [-0.2, -0.15) is 11.8 Å². The fourth-order valence-electron chi connectivity index (χ4n) is 2.16. The van der Waals surface area contributed by atoms with Gasteiger partial charge < -0.3 is 10.6 Å². The van der Waals surface area contributed by atoms with Gasteiger partial charge in [0.05, 0.1) is 10.7 Å². The zero-order chi connectivity index (χ0) is 12.5. The molecule has 2 rings (SSSR count). The maximum atomic E-state index is 6.33. The Morgan fingerprint density at radius 3 is 2.82 bits per heavy atom. The molecule has 1 fully saturated rings. The molecule has 0 aliphatic carbocycles. The minimum atomic E-state index is 0.300. The first-order valence-corrected chi connectivity index (χ1v) is 7.25. The number of nitrogens with zero attached hydrogens (tertiary/aromatic N) is 1. The highest BCUT2D eigenvalue weighted by molar-refractivity contribution is 8.00. The first-order valence-electron chi connectivity index (χ1n) is 5.89. The molecule has 0 atom stereocenters. The van der Waals surface area contributed by atoms with E-state index < -0.39 is 0 Å². The molecule has 0 bridgehead atoms. The van der Waals surface area contributed by atoms with Gasteiger partial charge in [-0.25, -0.2) is 0 Å². The van der Waals surface area contributed by atoms with Gasteiger partial charge in [-0.05, 0) is 31.5 Å². The molecule has 0 unspecified atom stereocenters. The fourth-order valence-corrected chi connectivity index (χ4v) is 3.59. The van der Waals surface area contributed by atoms with Crippen molar-refractivity contribution in [3.05, 3.63) is 28.8 Å². The van der Waals surface area contributed by atoms with Gasteiger partial charge in [0.15, 0.2) is 0 Å². The van der Waals surface area contributed by atoms with Crippen LogP contribution in [0.3, 0.4) is 0 Å². The van der Waals surface area contributed by atoms with Crippen LogP contribution in [0.5, 0.6) is 0 Å². The second kappa shape index (κ2) is 5.09. The maximum Gasteiger partial charge on any atom is 0.0642 e. The van der Waals surface area contributed by atoms with Crippen LogP contribution in [0.2, 0.25) is 5.02 Å². The Kier molecular flexibility index (Phi) is 3.91. The third-order valence-corrected chi connectivity index (χ3v) is 4.61. The molecule has 2 nitrogen and oxygen atoms in total. The number of rotatable bonds is 2. The molecule has 94 valence electrons. The van der Waals surface area contributed by atoms with Crippen molar-refractivity contribution in [3.8, 4) is 0 Å². The molecule has 0 aromatic heterocycles. The lowest BCUT2D eigenvalue weighted by atomic mass is 10.1. The van der Waals surface area contributed by atoms with E-state index in [1.165, 1.54) is 0 Å². The molecule has 17 heavy (non-hydrogen) atoms. The van der Waals surface area contributed by atoms with Crippen molar-refractivity contribution in [2.75, 3.05) is 23.7 Å². The summed E-state index contributed by atoms with van der Waals surface area (Å²) in [5, 5.41) is 0.815. The Labute approximate surface area is 113 Å². The Morgan fingerprint density at radius 1 is 1.47 bits per heavy atom. The fraction of sp³-hybridized carbons (Fsp3) is 0.538. The van der Waals surface area contributed by atoms with Gasteiger partial charge in [0, 0.05) is 30.1 Å². The molecule has 2 N–H and O–H groups in total. The third kappa shape index (κ3) is 3.09. The quantitative estimate of drug-likeness (QED) is 0.895. The smallest absolute Gasteiger partial charge is 0.0642 e. The van der Waals surface area contributed by atoms with E-state index in [2.05, 4.69) is 30.9 Å². The summed E-state index contributed by atoms with van der Waals surface area (Å²) < 4.78 is 0.300. The normalized spacial score (nSPS) is 19.4. The molecule has 1 saturated heterocycles. The van der Waals surface area contributed by atoms with Gasteiger partial charge in [-0.1, -0.05) is 17.7 Å². The van der Waals surface area contributed by atoms with Crippen LogP contribution < -0.4 is 10.6 Å². The van der Waals surface area contributed by atoms with E-state index in [0.717, 1.165) is 35.1 Å². The summed E-state index contributed by atoms with van der Waals surface area (Å²) in [4.78, 5) is 2.37. The minimum Gasteiger partial charge on any atom is -0.368 e. The highest BCUT2D eigenvalue weighted by atomic mass is 35.5. The number of thioether (sulfide) groups is 1. The van der Waals surface area contributed by atoms with Crippen LogP contribution in [0.15, 0.2) is 18.2 Å². The SMILES string of the molecule is CC1(C)CN(c2ccc(CN)cc2Cl)CCS1. The van der Waals surface area contributed by atoms with E-state index in [1.807, 2.05) is 17.8 Å². The lowest BCUT2D eigenvalue weighted by Crippen LogP contribution is -2.43. The summed E-state index contributed by atoms with van der Waals surface area (Å²) in [6.07, 6.45) is 0. The average molecular weight is 271 g/mol. The van der Waals surface area contributed by atoms with Gasteiger partial charge in [-0.3, -0.25) is 0 Å². The second-order valence-electron chi connectivity index (χ2n) is 5.02. The summed E-state index contributed by atoms with van der Waals surface area (Å²) in [5.41, 5.74) is 7.84. The Hall–Kier alpha value is -0.380. The molecule has 1 heterocycles. The van der Waals surface area contributed by atoms with Gasteiger partial charge in [0.2, 0.25) is 0 Å². The van der Waals surface area contributed by atoms with Crippen molar-refractivity contribution in [1.82, 2.24) is 0 Å². The van der Waals surface area contributed by atoms with Gasteiger partial charge >= 0.3 is 0 Å². The van der Waals surface area contributed by atoms with Crippen molar-refractivity contribution in [2.24, 2.45) is 5.73 Å². The molecule has 0 spiro atoms. The molecule has 0 radical (unpaired) electrons. The van der Waals surface area contributed by atoms with Gasteiger partial charge in [0.25, 0.3) is 0 Å². The lowest BCUT2D eigenvalue weighted by molar-refractivity contribution is 0.648. The molecule has 1 aromatic carbocycles. The largest absolute Gasteiger partial charge is 0.368 e. The predicted molar refractivity (Wildman–Crippen MR) is 78.1 cm³/mol. The van der Waals surface area contributed by atoms with Crippen molar-refractivity contribution < 1.29 is 0 Å². The van der Waals surface area contributed by atoms with E-state index in [0.29, 0.717) is 11.3 Å². The molecular formula is C13H19ClN2S. The van der Waals surface area contributed by atoms with E-state index in [9.17, 15) is 0 Å². The predicted octanol–water partition coefficient (Wildman–Crippen LogP) is 3.13. The summed E-state index contributed by atoms with van der Waals surface area (Å²) in [7, 11) is 0. The Balaban J connectivity index is 2.22. The first kappa shape index (κ1) is 13.1. The van der Waals surface area contributed by atoms with E-state index in [4.69, 9.17) is 17.3 Å². The van der Waals surface area contributed by atoms with E-state index >= 15 is 0 Å².